The summed E-state index contributed by atoms with van der Waals surface area (Å²) in [6, 6.07) is 0.0773. The molecular weight excluding hydrogens is 298 g/mol. The number of aromatic nitrogens is 4. The molecule has 0 aliphatic rings. The molecule has 0 saturated carbocycles. The Bertz CT molecular complexity index is 774. The van der Waals surface area contributed by atoms with E-state index in [9.17, 15) is 13.2 Å². The minimum atomic E-state index is -4.07. The highest BCUT2D eigenvalue weighted by molar-refractivity contribution is 7.92. The van der Waals surface area contributed by atoms with Gasteiger partial charge in [-0.1, -0.05) is 0 Å². The lowest BCUT2D eigenvalue weighted by molar-refractivity contribution is 0.0686. The average Bonchev–Trinajstić information content (AvgIpc) is 2.95. The summed E-state index contributed by atoms with van der Waals surface area (Å²) in [7, 11) is -4.07. The summed E-state index contributed by atoms with van der Waals surface area (Å²) in [5.74, 6) is -1.42. The zero-order valence-corrected chi connectivity index (χ0v) is 12.5. The van der Waals surface area contributed by atoms with Crippen molar-refractivity contribution in [3.63, 3.8) is 0 Å². The third-order valence-electron chi connectivity index (χ3n) is 2.75. The van der Waals surface area contributed by atoms with E-state index in [2.05, 4.69) is 20.0 Å². The molecular formula is C11H15N5O4S. The number of sulfonamides is 1. The maximum absolute atomic E-state index is 12.3. The van der Waals surface area contributed by atoms with Crippen molar-refractivity contribution in [3.05, 3.63) is 23.8 Å². The topological polar surface area (TPSA) is 130 Å². The Morgan fingerprint density at radius 2 is 2.14 bits per heavy atom. The first-order chi connectivity index (χ1) is 9.72. The number of aryl methyl sites for hydroxylation is 1. The lowest BCUT2D eigenvalue weighted by atomic mass is 10.4. The lowest BCUT2D eigenvalue weighted by Crippen LogP contribution is -2.16. The van der Waals surface area contributed by atoms with Crippen LogP contribution in [0.2, 0.25) is 0 Å². The van der Waals surface area contributed by atoms with Gasteiger partial charge in [0.1, 0.15) is 4.90 Å². The number of hydrogen-bond acceptors (Lipinski definition) is 5. The number of hydrogen-bond donors (Lipinski definition) is 3. The third-order valence-corrected chi connectivity index (χ3v) is 4.29. The molecule has 0 aliphatic heterocycles. The van der Waals surface area contributed by atoms with Crippen LogP contribution < -0.4 is 4.72 Å². The summed E-state index contributed by atoms with van der Waals surface area (Å²) in [6.07, 6.45) is 2.88. The van der Waals surface area contributed by atoms with Gasteiger partial charge in [-0.05, 0) is 20.8 Å². The van der Waals surface area contributed by atoms with Crippen LogP contribution in [0.5, 0.6) is 0 Å². The Labute approximate surface area is 121 Å². The second kappa shape index (κ2) is 5.20. The van der Waals surface area contributed by atoms with E-state index in [0.717, 1.165) is 0 Å². The summed E-state index contributed by atoms with van der Waals surface area (Å²) in [5, 5.41) is 18.9. The van der Waals surface area contributed by atoms with Gasteiger partial charge in [0, 0.05) is 12.2 Å². The Morgan fingerprint density at radius 1 is 1.48 bits per heavy atom. The second-order valence-electron chi connectivity index (χ2n) is 4.74. The highest BCUT2D eigenvalue weighted by Crippen LogP contribution is 2.21. The van der Waals surface area contributed by atoms with Crippen molar-refractivity contribution >= 4 is 21.7 Å². The molecule has 0 spiro atoms. The van der Waals surface area contributed by atoms with E-state index >= 15 is 0 Å². The fourth-order valence-corrected chi connectivity index (χ4v) is 3.13. The summed E-state index contributed by atoms with van der Waals surface area (Å²) in [5.41, 5.74) is -0.145. The predicted molar refractivity (Wildman–Crippen MR) is 73.7 cm³/mol. The SMILES string of the molecule is Cc1[nH]nc(C(=O)O)c1S(=O)(=O)Nc1cnn(C(C)C)c1. The minimum absolute atomic E-state index is 0.0773. The van der Waals surface area contributed by atoms with E-state index in [4.69, 9.17) is 5.11 Å². The maximum atomic E-state index is 12.3. The molecule has 2 aromatic rings. The molecule has 9 nitrogen and oxygen atoms in total. The fourth-order valence-electron chi connectivity index (χ4n) is 1.77. The van der Waals surface area contributed by atoms with Crippen LogP contribution in [0, 0.1) is 6.92 Å². The molecule has 0 fully saturated rings. The third kappa shape index (κ3) is 2.89. The van der Waals surface area contributed by atoms with Gasteiger partial charge in [0.05, 0.1) is 17.6 Å². The first kappa shape index (κ1) is 15.0. The van der Waals surface area contributed by atoms with Crippen LogP contribution in [-0.4, -0.2) is 39.5 Å². The van der Waals surface area contributed by atoms with Gasteiger partial charge in [-0.15, -0.1) is 0 Å². The molecule has 0 atom stereocenters. The van der Waals surface area contributed by atoms with Crippen LogP contribution in [0.25, 0.3) is 0 Å². The molecule has 0 unspecified atom stereocenters. The quantitative estimate of drug-likeness (QED) is 0.754. The first-order valence-corrected chi connectivity index (χ1v) is 7.56. The van der Waals surface area contributed by atoms with Crippen molar-refractivity contribution in [2.24, 2.45) is 0 Å². The van der Waals surface area contributed by atoms with Gasteiger partial charge in [0.2, 0.25) is 0 Å². The Balaban J connectivity index is 2.38. The number of aromatic carboxylic acids is 1. The number of nitrogens with one attached hydrogen (secondary N) is 2. The van der Waals surface area contributed by atoms with E-state index in [0.29, 0.717) is 0 Å². The van der Waals surface area contributed by atoms with Gasteiger partial charge in [-0.2, -0.15) is 10.2 Å². The van der Waals surface area contributed by atoms with Gasteiger partial charge in [0.15, 0.2) is 5.69 Å². The van der Waals surface area contributed by atoms with E-state index in [1.54, 1.807) is 4.68 Å². The molecule has 21 heavy (non-hydrogen) atoms. The number of aromatic amines is 1. The van der Waals surface area contributed by atoms with Crippen molar-refractivity contribution in [2.75, 3.05) is 4.72 Å². The highest BCUT2D eigenvalue weighted by Gasteiger charge is 2.28. The number of anilines is 1. The molecule has 0 radical (unpaired) electrons. The summed E-state index contributed by atoms with van der Waals surface area (Å²) in [6.45, 7) is 5.23. The fraction of sp³-hybridized carbons (Fsp3) is 0.364. The van der Waals surface area contributed by atoms with Crippen LogP contribution >= 0.6 is 0 Å². The molecule has 0 amide bonds. The average molecular weight is 313 g/mol. The van der Waals surface area contributed by atoms with Crippen LogP contribution in [-0.2, 0) is 10.0 Å². The Morgan fingerprint density at radius 3 is 2.67 bits per heavy atom. The molecule has 3 N–H and O–H groups in total. The summed E-state index contributed by atoms with van der Waals surface area (Å²) < 4.78 is 28.5. The van der Waals surface area contributed by atoms with Crippen LogP contribution in [0.1, 0.15) is 36.1 Å². The zero-order valence-electron chi connectivity index (χ0n) is 11.7. The number of nitrogens with zero attached hydrogens (tertiary/aromatic N) is 3. The largest absolute Gasteiger partial charge is 0.476 e. The standard InChI is InChI=1S/C11H15N5O4S/c1-6(2)16-5-8(4-12-16)15-21(19,20)10-7(3)13-14-9(10)11(17)18/h4-6,15H,1-3H3,(H,13,14)(H,17,18). The van der Waals surface area contributed by atoms with Crippen molar-refractivity contribution in [2.45, 2.75) is 31.7 Å². The van der Waals surface area contributed by atoms with Crippen molar-refractivity contribution in [1.82, 2.24) is 20.0 Å². The van der Waals surface area contributed by atoms with Gasteiger partial charge < -0.3 is 5.11 Å². The monoisotopic (exact) mass is 313 g/mol. The number of carboxylic acid groups (broad SMARTS) is 1. The van der Waals surface area contributed by atoms with Gasteiger partial charge in [-0.3, -0.25) is 14.5 Å². The van der Waals surface area contributed by atoms with Crippen molar-refractivity contribution in [3.8, 4) is 0 Å². The second-order valence-corrected chi connectivity index (χ2v) is 6.36. The molecule has 114 valence electrons. The van der Waals surface area contributed by atoms with Crippen LogP contribution in [0.4, 0.5) is 5.69 Å². The molecule has 2 rings (SSSR count). The molecule has 0 aliphatic carbocycles. The van der Waals surface area contributed by atoms with Crippen molar-refractivity contribution in [1.29, 1.82) is 0 Å². The zero-order chi connectivity index (χ0) is 15.8. The van der Waals surface area contributed by atoms with E-state index in [1.807, 2.05) is 13.8 Å². The molecule has 0 aromatic carbocycles. The summed E-state index contributed by atoms with van der Waals surface area (Å²) >= 11 is 0. The normalized spacial score (nSPS) is 11.8. The van der Waals surface area contributed by atoms with E-state index < -0.39 is 21.7 Å². The Hall–Kier alpha value is -2.36. The van der Waals surface area contributed by atoms with E-state index in [-0.39, 0.29) is 22.3 Å². The number of rotatable bonds is 5. The summed E-state index contributed by atoms with van der Waals surface area (Å²) in [4.78, 5) is 10.7. The predicted octanol–water partition coefficient (Wildman–Crippen LogP) is 0.995. The maximum Gasteiger partial charge on any atom is 0.357 e. The van der Waals surface area contributed by atoms with Crippen molar-refractivity contribution < 1.29 is 18.3 Å². The lowest BCUT2D eigenvalue weighted by Gasteiger charge is -2.06. The Kier molecular flexibility index (Phi) is 3.73. The molecule has 10 heteroatoms. The van der Waals surface area contributed by atoms with Crippen LogP contribution in [0.15, 0.2) is 17.3 Å². The van der Waals surface area contributed by atoms with Gasteiger partial charge >= 0.3 is 5.97 Å². The van der Waals surface area contributed by atoms with Gasteiger partial charge in [0.25, 0.3) is 10.0 Å². The highest BCUT2D eigenvalue weighted by atomic mass is 32.2. The number of H-pyrrole nitrogens is 1. The number of carboxylic acids is 1. The van der Waals surface area contributed by atoms with Crippen LogP contribution in [0.3, 0.4) is 0 Å². The van der Waals surface area contributed by atoms with E-state index in [1.165, 1.54) is 19.3 Å². The first-order valence-electron chi connectivity index (χ1n) is 6.07. The number of carbonyl (C=O) groups is 1. The molecule has 2 aromatic heterocycles. The molecule has 0 bridgehead atoms. The smallest absolute Gasteiger partial charge is 0.357 e. The molecule has 0 saturated heterocycles. The minimum Gasteiger partial charge on any atom is -0.476 e. The molecule has 2 heterocycles. The van der Waals surface area contributed by atoms with Gasteiger partial charge in [-0.25, -0.2) is 13.2 Å².